The minimum atomic E-state index is -0.122. The lowest BCUT2D eigenvalue weighted by Gasteiger charge is -2.05. The summed E-state index contributed by atoms with van der Waals surface area (Å²) in [5, 5.41) is 4.27. The van der Waals surface area contributed by atoms with Gasteiger partial charge in [-0.2, -0.15) is 5.10 Å². The molecule has 2 rings (SSSR count). The first kappa shape index (κ1) is 11.6. The van der Waals surface area contributed by atoms with Gasteiger partial charge in [0, 0.05) is 23.2 Å². The molecule has 0 radical (unpaired) electrons. The Kier molecular flexibility index (Phi) is 3.63. The van der Waals surface area contributed by atoms with Gasteiger partial charge in [0.1, 0.15) is 0 Å². The Hall–Kier alpha value is -0.840. The summed E-state index contributed by atoms with van der Waals surface area (Å²) < 4.78 is 2.69. The average Bonchev–Trinajstić information content (AvgIpc) is 2.87. The Bertz CT molecular complexity index is 463. The molecule has 3 nitrogen and oxygen atoms in total. The molecule has 0 fully saturated rings. The van der Waals surface area contributed by atoms with Gasteiger partial charge in [0.15, 0.2) is 0 Å². The van der Waals surface area contributed by atoms with Crippen LogP contribution in [0.2, 0.25) is 4.34 Å². The first-order valence-corrected chi connectivity index (χ1v) is 6.43. The highest BCUT2D eigenvalue weighted by atomic mass is 35.5. The van der Waals surface area contributed by atoms with Crippen LogP contribution in [0.4, 0.5) is 0 Å². The molecule has 5 heteroatoms. The van der Waals surface area contributed by atoms with E-state index in [4.69, 9.17) is 17.3 Å². The third-order valence-corrected chi connectivity index (χ3v) is 3.68. The van der Waals surface area contributed by atoms with Gasteiger partial charge in [-0.15, -0.1) is 11.3 Å². The molecule has 0 aliphatic carbocycles. The molecule has 2 aromatic heterocycles. The van der Waals surface area contributed by atoms with E-state index in [0.29, 0.717) is 0 Å². The van der Waals surface area contributed by atoms with E-state index in [1.807, 2.05) is 29.2 Å². The minimum Gasteiger partial charge on any atom is -0.320 e. The zero-order chi connectivity index (χ0) is 11.5. The lowest BCUT2D eigenvalue weighted by molar-refractivity contribution is 0.602. The number of aromatic nitrogens is 2. The second-order valence-electron chi connectivity index (χ2n) is 3.66. The first-order chi connectivity index (χ1) is 7.70. The van der Waals surface area contributed by atoms with Crippen molar-refractivity contribution in [2.24, 2.45) is 5.73 Å². The van der Waals surface area contributed by atoms with Gasteiger partial charge in [0.2, 0.25) is 0 Å². The van der Waals surface area contributed by atoms with Crippen molar-refractivity contribution in [2.75, 3.05) is 0 Å². The number of hydrogen-bond acceptors (Lipinski definition) is 3. The van der Waals surface area contributed by atoms with E-state index in [0.717, 1.165) is 27.7 Å². The van der Waals surface area contributed by atoms with Gasteiger partial charge < -0.3 is 5.73 Å². The Labute approximate surface area is 104 Å². The number of hydrogen-bond donors (Lipinski definition) is 1. The number of thiophene rings is 1. The average molecular weight is 256 g/mol. The third kappa shape index (κ3) is 2.45. The Balaban J connectivity index is 2.17. The molecule has 2 N–H and O–H groups in total. The molecule has 0 saturated heterocycles. The molecule has 0 aliphatic rings. The van der Waals surface area contributed by atoms with Crippen molar-refractivity contribution >= 4 is 22.9 Å². The fourth-order valence-corrected chi connectivity index (χ4v) is 2.64. The number of rotatable bonds is 4. The van der Waals surface area contributed by atoms with Crippen LogP contribution >= 0.6 is 22.9 Å². The van der Waals surface area contributed by atoms with Crippen LogP contribution < -0.4 is 5.73 Å². The Morgan fingerprint density at radius 1 is 1.56 bits per heavy atom. The molecule has 16 heavy (non-hydrogen) atoms. The summed E-state index contributed by atoms with van der Waals surface area (Å²) in [6.07, 6.45) is 4.90. The maximum Gasteiger partial charge on any atom is 0.0931 e. The normalized spacial score (nSPS) is 12.9. The first-order valence-electron chi connectivity index (χ1n) is 5.24. The van der Waals surface area contributed by atoms with E-state index in [2.05, 4.69) is 12.0 Å². The maximum absolute atomic E-state index is 6.14. The van der Waals surface area contributed by atoms with Gasteiger partial charge in [-0.1, -0.05) is 18.5 Å². The smallest absolute Gasteiger partial charge is 0.0931 e. The minimum absolute atomic E-state index is 0.122. The second kappa shape index (κ2) is 4.99. The largest absolute Gasteiger partial charge is 0.320 e. The zero-order valence-corrected chi connectivity index (χ0v) is 10.6. The van der Waals surface area contributed by atoms with Gasteiger partial charge in [-0.3, -0.25) is 4.68 Å². The summed E-state index contributed by atoms with van der Waals surface area (Å²) >= 11 is 7.41. The van der Waals surface area contributed by atoms with Crippen molar-refractivity contribution < 1.29 is 0 Å². The fourth-order valence-electron chi connectivity index (χ4n) is 1.55. The molecular formula is C11H14ClN3S. The lowest BCUT2D eigenvalue weighted by atomic mass is 10.1. The molecular weight excluding hydrogens is 242 g/mol. The number of aryl methyl sites for hydroxylation is 1. The summed E-state index contributed by atoms with van der Waals surface area (Å²) in [6, 6.07) is 3.72. The van der Waals surface area contributed by atoms with Crippen molar-refractivity contribution in [3.8, 4) is 0 Å². The van der Waals surface area contributed by atoms with Crippen LogP contribution in [0.3, 0.4) is 0 Å². The molecule has 0 spiro atoms. The van der Waals surface area contributed by atoms with Crippen LogP contribution in [-0.4, -0.2) is 9.78 Å². The Morgan fingerprint density at radius 3 is 3.00 bits per heavy atom. The van der Waals surface area contributed by atoms with E-state index >= 15 is 0 Å². The number of nitrogens with zero attached hydrogens (tertiary/aromatic N) is 2. The topological polar surface area (TPSA) is 43.8 Å². The molecule has 2 heterocycles. The summed E-state index contributed by atoms with van der Waals surface area (Å²) in [4.78, 5) is 1.07. The van der Waals surface area contributed by atoms with Crippen LogP contribution in [0.15, 0.2) is 24.5 Å². The number of nitrogens with two attached hydrogens (primary N) is 1. The van der Waals surface area contributed by atoms with Crippen LogP contribution in [-0.2, 0) is 6.54 Å². The second-order valence-corrected chi connectivity index (χ2v) is 5.40. The molecule has 0 amide bonds. The monoisotopic (exact) mass is 255 g/mol. The predicted octanol–water partition coefficient (Wildman–Crippen LogP) is 3.06. The third-order valence-electron chi connectivity index (χ3n) is 2.37. The van der Waals surface area contributed by atoms with Crippen molar-refractivity contribution in [1.82, 2.24) is 9.78 Å². The van der Waals surface area contributed by atoms with Gasteiger partial charge in [0.05, 0.1) is 16.6 Å². The predicted molar refractivity (Wildman–Crippen MR) is 67.9 cm³/mol. The van der Waals surface area contributed by atoms with E-state index < -0.39 is 0 Å². The Morgan fingerprint density at radius 2 is 2.38 bits per heavy atom. The number of halogens is 1. The fraction of sp³-hybridized carbons (Fsp3) is 0.364. The van der Waals surface area contributed by atoms with Crippen molar-refractivity contribution in [2.45, 2.75) is 25.9 Å². The van der Waals surface area contributed by atoms with E-state index in [1.165, 1.54) is 11.3 Å². The molecule has 1 atom stereocenters. The molecule has 0 bridgehead atoms. The van der Waals surface area contributed by atoms with Crippen LogP contribution in [0.1, 0.15) is 29.8 Å². The maximum atomic E-state index is 6.14. The van der Waals surface area contributed by atoms with Gasteiger partial charge in [-0.25, -0.2) is 0 Å². The van der Waals surface area contributed by atoms with Gasteiger partial charge >= 0.3 is 0 Å². The van der Waals surface area contributed by atoms with Crippen molar-refractivity contribution in [3.05, 3.63) is 39.3 Å². The van der Waals surface area contributed by atoms with Gasteiger partial charge in [0.25, 0.3) is 0 Å². The highest BCUT2D eigenvalue weighted by Crippen LogP contribution is 2.29. The lowest BCUT2D eigenvalue weighted by Crippen LogP contribution is -2.09. The molecule has 0 saturated carbocycles. The van der Waals surface area contributed by atoms with Crippen molar-refractivity contribution in [1.29, 1.82) is 0 Å². The molecule has 2 aromatic rings. The molecule has 0 aliphatic heterocycles. The quantitative estimate of drug-likeness (QED) is 0.913. The summed E-state index contributed by atoms with van der Waals surface area (Å²) in [5.41, 5.74) is 7.17. The van der Waals surface area contributed by atoms with Crippen LogP contribution in [0.25, 0.3) is 0 Å². The standard InChI is InChI=1S/C11H14ClN3S/c1-2-5-15-7-8(6-14-15)11(13)9-3-4-10(12)16-9/h3-4,6-7,11H,2,5,13H2,1H3. The van der Waals surface area contributed by atoms with Gasteiger partial charge in [-0.05, 0) is 18.6 Å². The van der Waals surface area contributed by atoms with Crippen LogP contribution in [0.5, 0.6) is 0 Å². The van der Waals surface area contributed by atoms with Crippen LogP contribution in [0, 0.1) is 0 Å². The molecule has 1 unspecified atom stereocenters. The summed E-state index contributed by atoms with van der Waals surface area (Å²) in [5.74, 6) is 0. The van der Waals surface area contributed by atoms with Crippen molar-refractivity contribution in [3.63, 3.8) is 0 Å². The van der Waals surface area contributed by atoms with E-state index in [9.17, 15) is 0 Å². The summed E-state index contributed by atoms with van der Waals surface area (Å²) in [7, 11) is 0. The van der Waals surface area contributed by atoms with E-state index in [1.54, 1.807) is 0 Å². The SMILES string of the molecule is CCCn1cc(C(N)c2ccc(Cl)s2)cn1. The molecule has 86 valence electrons. The van der Waals surface area contributed by atoms with E-state index in [-0.39, 0.29) is 6.04 Å². The highest BCUT2D eigenvalue weighted by molar-refractivity contribution is 7.16. The zero-order valence-electron chi connectivity index (χ0n) is 9.06. The highest BCUT2D eigenvalue weighted by Gasteiger charge is 2.13. The molecule has 0 aromatic carbocycles. The summed E-state index contributed by atoms with van der Waals surface area (Å²) in [6.45, 7) is 3.05.